The summed E-state index contributed by atoms with van der Waals surface area (Å²) in [5, 5.41) is 9.93. The summed E-state index contributed by atoms with van der Waals surface area (Å²) < 4.78 is 25.6. The number of rotatable bonds is 7. The molecule has 16 heavy (non-hydrogen) atoms. The molecule has 2 N–H and O–H groups in total. The van der Waals surface area contributed by atoms with Crippen LogP contribution in [0.1, 0.15) is 19.8 Å². The number of sulfonamides is 1. The molecule has 96 valence electrons. The summed E-state index contributed by atoms with van der Waals surface area (Å²) in [6.07, 6.45) is 2.02. The number of nitrogens with one attached hydrogen (secondary N) is 1. The average molecular weight is 250 g/mol. The van der Waals surface area contributed by atoms with Crippen molar-refractivity contribution in [3.63, 3.8) is 0 Å². The van der Waals surface area contributed by atoms with E-state index in [1.807, 2.05) is 19.0 Å². The SMILES string of the molecule is CN(C)CC(C)(O)CNS(=O)(=O)CC1CC1. The molecule has 1 aliphatic rings. The van der Waals surface area contributed by atoms with Crippen LogP contribution in [-0.2, 0) is 10.0 Å². The molecule has 1 unspecified atom stereocenters. The Morgan fingerprint density at radius 3 is 2.44 bits per heavy atom. The van der Waals surface area contributed by atoms with Crippen LogP contribution in [0.2, 0.25) is 0 Å². The minimum atomic E-state index is -3.22. The Morgan fingerprint density at radius 1 is 1.44 bits per heavy atom. The van der Waals surface area contributed by atoms with Crippen molar-refractivity contribution in [3.05, 3.63) is 0 Å². The van der Waals surface area contributed by atoms with Gasteiger partial charge in [0.25, 0.3) is 0 Å². The highest BCUT2D eigenvalue weighted by Gasteiger charge is 2.30. The van der Waals surface area contributed by atoms with E-state index in [-0.39, 0.29) is 12.3 Å². The van der Waals surface area contributed by atoms with Crippen LogP contribution in [-0.4, -0.2) is 57.0 Å². The molecule has 1 rings (SSSR count). The summed E-state index contributed by atoms with van der Waals surface area (Å²) in [6, 6.07) is 0. The first-order valence-corrected chi connectivity index (χ1v) is 7.20. The van der Waals surface area contributed by atoms with Crippen molar-refractivity contribution in [3.8, 4) is 0 Å². The summed E-state index contributed by atoms with van der Waals surface area (Å²) in [5.41, 5.74) is -1.03. The van der Waals surface area contributed by atoms with Gasteiger partial charge in [-0.1, -0.05) is 0 Å². The molecule has 1 aliphatic carbocycles. The maximum atomic E-state index is 11.6. The molecule has 5 nitrogen and oxygen atoms in total. The highest BCUT2D eigenvalue weighted by molar-refractivity contribution is 7.89. The Hall–Kier alpha value is -0.170. The van der Waals surface area contributed by atoms with E-state index in [9.17, 15) is 13.5 Å². The van der Waals surface area contributed by atoms with E-state index in [1.165, 1.54) is 0 Å². The Bertz CT molecular complexity index is 321. The largest absolute Gasteiger partial charge is 0.387 e. The third-order valence-electron chi connectivity index (χ3n) is 2.48. The molecule has 1 saturated carbocycles. The van der Waals surface area contributed by atoms with Crippen molar-refractivity contribution >= 4 is 10.0 Å². The average Bonchev–Trinajstić information content (AvgIpc) is 2.82. The number of aliphatic hydroxyl groups is 1. The lowest BCUT2D eigenvalue weighted by Gasteiger charge is -2.27. The molecule has 6 heteroatoms. The zero-order chi connectivity index (χ0) is 12.4. The summed E-state index contributed by atoms with van der Waals surface area (Å²) in [4.78, 5) is 1.83. The van der Waals surface area contributed by atoms with Gasteiger partial charge in [0.15, 0.2) is 0 Å². The molecule has 0 bridgehead atoms. The van der Waals surface area contributed by atoms with Gasteiger partial charge in [-0.2, -0.15) is 0 Å². The van der Waals surface area contributed by atoms with Gasteiger partial charge in [0, 0.05) is 13.1 Å². The molecule has 1 fully saturated rings. The first-order valence-electron chi connectivity index (χ1n) is 5.55. The number of hydrogen-bond donors (Lipinski definition) is 2. The number of nitrogens with zero attached hydrogens (tertiary/aromatic N) is 1. The smallest absolute Gasteiger partial charge is 0.211 e. The molecule has 0 heterocycles. The molecule has 0 amide bonds. The molecule has 0 aromatic rings. The third kappa shape index (κ3) is 5.79. The fourth-order valence-corrected chi connectivity index (χ4v) is 3.26. The summed E-state index contributed by atoms with van der Waals surface area (Å²) in [7, 11) is 0.465. The molecule has 0 aromatic carbocycles. The van der Waals surface area contributed by atoms with Gasteiger partial charge in [0.05, 0.1) is 11.4 Å². The minimum absolute atomic E-state index is 0.0697. The first kappa shape index (κ1) is 13.9. The lowest BCUT2D eigenvalue weighted by molar-refractivity contribution is 0.0386. The van der Waals surface area contributed by atoms with E-state index in [0.717, 1.165) is 12.8 Å². The highest BCUT2D eigenvalue weighted by Crippen LogP contribution is 2.29. The van der Waals surface area contributed by atoms with Gasteiger partial charge in [-0.05, 0) is 39.8 Å². The molecule has 0 aromatic heterocycles. The number of hydrogen-bond acceptors (Lipinski definition) is 4. The molecular formula is C10H22N2O3S. The zero-order valence-electron chi connectivity index (χ0n) is 10.2. The van der Waals surface area contributed by atoms with Crippen molar-refractivity contribution in [1.82, 2.24) is 9.62 Å². The minimum Gasteiger partial charge on any atom is -0.387 e. The van der Waals surface area contributed by atoms with Crippen LogP contribution < -0.4 is 4.72 Å². The van der Waals surface area contributed by atoms with Gasteiger partial charge in [-0.25, -0.2) is 13.1 Å². The lowest BCUT2D eigenvalue weighted by Crippen LogP contribution is -2.47. The van der Waals surface area contributed by atoms with Gasteiger partial charge in [0.2, 0.25) is 10.0 Å². The monoisotopic (exact) mass is 250 g/mol. The zero-order valence-corrected chi connectivity index (χ0v) is 11.0. The highest BCUT2D eigenvalue weighted by atomic mass is 32.2. The molecule has 0 saturated heterocycles. The van der Waals surface area contributed by atoms with Crippen LogP contribution in [0.5, 0.6) is 0 Å². The van der Waals surface area contributed by atoms with E-state index in [2.05, 4.69) is 4.72 Å². The van der Waals surface area contributed by atoms with E-state index < -0.39 is 15.6 Å². The second-order valence-corrected chi connectivity index (χ2v) is 7.13. The van der Waals surface area contributed by atoms with Gasteiger partial charge in [0.1, 0.15) is 0 Å². The van der Waals surface area contributed by atoms with Gasteiger partial charge >= 0.3 is 0 Å². The Kier molecular flexibility index (Phi) is 4.34. The van der Waals surface area contributed by atoms with Crippen molar-refractivity contribution in [2.75, 3.05) is 32.9 Å². The Balaban J connectivity index is 2.36. The van der Waals surface area contributed by atoms with Crippen LogP contribution in [0.3, 0.4) is 0 Å². The van der Waals surface area contributed by atoms with Gasteiger partial charge in [-0.3, -0.25) is 0 Å². The molecule has 0 radical (unpaired) electrons. The molecule has 1 atom stereocenters. The lowest BCUT2D eigenvalue weighted by atomic mass is 10.1. The van der Waals surface area contributed by atoms with Crippen LogP contribution in [0.25, 0.3) is 0 Å². The van der Waals surface area contributed by atoms with Crippen LogP contribution in [0.15, 0.2) is 0 Å². The second-order valence-electron chi connectivity index (χ2n) is 5.28. The third-order valence-corrected chi connectivity index (χ3v) is 3.98. The van der Waals surface area contributed by atoms with Crippen molar-refractivity contribution in [2.24, 2.45) is 5.92 Å². The van der Waals surface area contributed by atoms with Gasteiger partial charge < -0.3 is 10.0 Å². The van der Waals surface area contributed by atoms with Crippen LogP contribution >= 0.6 is 0 Å². The standard InChI is InChI=1S/C10H22N2O3S/c1-10(13,8-12(2)3)7-11-16(14,15)6-9-4-5-9/h9,11,13H,4-8H2,1-3H3. The summed E-state index contributed by atoms with van der Waals surface area (Å²) in [5.74, 6) is 0.529. The maximum Gasteiger partial charge on any atom is 0.211 e. The van der Waals surface area contributed by atoms with E-state index in [1.54, 1.807) is 6.92 Å². The fourth-order valence-electron chi connectivity index (χ4n) is 1.66. The van der Waals surface area contributed by atoms with Crippen molar-refractivity contribution < 1.29 is 13.5 Å². The van der Waals surface area contributed by atoms with Crippen molar-refractivity contribution in [2.45, 2.75) is 25.4 Å². The molecule has 0 aliphatic heterocycles. The van der Waals surface area contributed by atoms with Crippen molar-refractivity contribution in [1.29, 1.82) is 0 Å². The van der Waals surface area contributed by atoms with E-state index in [0.29, 0.717) is 12.5 Å². The summed E-state index contributed by atoms with van der Waals surface area (Å²) in [6.45, 7) is 2.13. The van der Waals surface area contributed by atoms with Crippen LogP contribution in [0, 0.1) is 5.92 Å². The predicted molar refractivity (Wildman–Crippen MR) is 63.7 cm³/mol. The normalized spacial score (nSPS) is 21.1. The quantitative estimate of drug-likeness (QED) is 0.647. The topological polar surface area (TPSA) is 69.6 Å². The molecular weight excluding hydrogens is 228 g/mol. The van der Waals surface area contributed by atoms with Crippen LogP contribution in [0.4, 0.5) is 0 Å². The van der Waals surface area contributed by atoms with E-state index in [4.69, 9.17) is 0 Å². The Labute approximate surface area is 97.9 Å². The molecule has 0 spiro atoms. The van der Waals surface area contributed by atoms with Gasteiger partial charge in [-0.15, -0.1) is 0 Å². The maximum absolute atomic E-state index is 11.6. The predicted octanol–water partition coefficient (Wildman–Crippen LogP) is -0.372. The second kappa shape index (κ2) is 5.00. The number of likely N-dealkylation sites (N-methyl/N-ethyl adjacent to an activating group) is 1. The van der Waals surface area contributed by atoms with E-state index >= 15 is 0 Å². The Morgan fingerprint density at radius 2 is 2.00 bits per heavy atom. The first-order chi connectivity index (χ1) is 7.20. The fraction of sp³-hybridized carbons (Fsp3) is 1.00. The summed E-state index contributed by atoms with van der Waals surface area (Å²) >= 11 is 0.